The van der Waals surface area contributed by atoms with Crippen molar-refractivity contribution in [2.45, 2.75) is 38.3 Å². The Kier molecular flexibility index (Phi) is 5.10. The number of fused-ring (bicyclic) bond motifs is 1. The zero-order chi connectivity index (χ0) is 18.9. The fourth-order valence-electron chi connectivity index (χ4n) is 3.58. The van der Waals surface area contributed by atoms with E-state index in [4.69, 9.17) is 9.47 Å². The lowest BCUT2D eigenvalue weighted by Crippen LogP contribution is -2.35. The number of hydrogen-bond donors (Lipinski definition) is 0. The fraction of sp³-hybridized carbons (Fsp3) is 0.429. The normalized spacial score (nSPS) is 16.2. The Balaban J connectivity index is 1.48. The van der Waals surface area contributed by atoms with Crippen LogP contribution in [0.2, 0.25) is 0 Å². The van der Waals surface area contributed by atoms with Crippen molar-refractivity contribution in [2.75, 3.05) is 19.5 Å². The summed E-state index contributed by atoms with van der Waals surface area (Å²) in [6.45, 7) is 1.08. The molecule has 0 spiro atoms. The minimum absolute atomic E-state index is 0.119. The standard InChI is InChI=1S/C21H25NO4S/c1-25-20-5-3-2-4-18(20)15-22(19-7-8-19)27(23,24)13-11-16-6-9-21-17(14-16)10-12-26-21/h2-6,9,14,19H,7-8,10-13,15H2,1H3. The molecule has 1 aliphatic carbocycles. The van der Waals surface area contributed by atoms with Gasteiger partial charge in [-0.15, -0.1) is 0 Å². The Morgan fingerprint density at radius 3 is 2.78 bits per heavy atom. The first-order chi connectivity index (χ1) is 13.1. The molecule has 0 aromatic heterocycles. The Morgan fingerprint density at radius 1 is 1.19 bits per heavy atom. The number of rotatable bonds is 8. The predicted octanol–water partition coefficient (Wildman–Crippen LogP) is 3.17. The number of methoxy groups -OCH3 is 1. The highest BCUT2D eigenvalue weighted by Crippen LogP contribution is 2.33. The molecule has 1 saturated carbocycles. The number of sulfonamides is 1. The first kappa shape index (κ1) is 18.3. The van der Waals surface area contributed by atoms with Gasteiger partial charge in [-0.1, -0.05) is 30.3 Å². The van der Waals surface area contributed by atoms with Crippen molar-refractivity contribution in [2.24, 2.45) is 0 Å². The average Bonchev–Trinajstić information content (AvgIpc) is 3.40. The number of nitrogens with zero attached hydrogens (tertiary/aromatic N) is 1. The molecular formula is C21H25NO4S. The van der Waals surface area contributed by atoms with Crippen molar-refractivity contribution in [1.29, 1.82) is 0 Å². The lowest BCUT2D eigenvalue weighted by atomic mass is 10.1. The van der Waals surface area contributed by atoms with Crippen LogP contribution in [0.3, 0.4) is 0 Å². The molecule has 144 valence electrons. The molecule has 27 heavy (non-hydrogen) atoms. The second kappa shape index (κ2) is 7.52. The van der Waals surface area contributed by atoms with Crippen LogP contribution in [-0.4, -0.2) is 38.2 Å². The maximum absolute atomic E-state index is 13.1. The molecule has 0 bridgehead atoms. The van der Waals surface area contributed by atoms with E-state index in [9.17, 15) is 8.42 Å². The highest BCUT2D eigenvalue weighted by atomic mass is 32.2. The summed E-state index contributed by atoms with van der Waals surface area (Å²) in [7, 11) is -1.73. The van der Waals surface area contributed by atoms with E-state index in [0.29, 0.717) is 19.6 Å². The summed E-state index contributed by atoms with van der Waals surface area (Å²) in [5.74, 6) is 1.78. The van der Waals surface area contributed by atoms with E-state index in [1.165, 1.54) is 5.56 Å². The molecule has 5 nitrogen and oxygen atoms in total. The predicted molar refractivity (Wildman–Crippen MR) is 105 cm³/mol. The van der Waals surface area contributed by atoms with Crippen molar-refractivity contribution < 1.29 is 17.9 Å². The van der Waals surface area contributed by atoms with E-state index in [1.54, 1.807) is 11.4 Å². The highest BCUT2D eigenvalue weighted by Gasteiger charge is 2.37. The first-order valence-corrected chi connectivity index (χ1v) is 11.0. The van der Waals surface area contributed by atoms with Crippen LogP contribution in [0.4, 0.5) is 0 Å². The molecule has 6 heteroatoms. The molecule has 2 aliphatic rings. The van der Waals surface area contributed by atoms with Crippen molar-refractivity contribution in [3.05, 3.63) is 59.2 Å². The molecule has 0 unspecified atom stereocenters. The Morgan fingerprint density at radius 2 is 2.00 bits per heavy atom. The number of benzene rings is 2. The minimum Gasteiger partial charge on any atom is -0.496 e. The molecule has 4 rings (SSSR count). The van der Waals surface area contributed by atoms with Crippen molar-refractivity contribution in [3.8, 4) is 11.5 Å². The summed E-state index contributed by atoms with van der Waals surface area (Å²) in [5.41, 5.74) is 3.14. The van der Waals surface area contributed by atoms with E-state index in [0.717, 1.165) is 41.9 Å². The molecule has 0 atom stereocenters. The molecule has 0 N–H and O–H groups in total. The van der Waals surface area contributed by atoms with Gasteiger partial charge >= 0.3 is 0 Å². The third kappa shape index (κ3) is 4.12. The van der Waals surface area contributed by atoms with Crippen molar-refractivity contribution in [3.63, 3.8) is 0 Å². The third-order valence-electron chi connectivity index (χ3n) is 5.23. The molecule has 2 aromatic rings. The van der Waals surface area contributed by atoms with E-state index >= 15 is 0 Å². The number of hydrogen-bond acceptors (Lipinski definition) is 4. The molecule has 1 aliphatic heterocycles. The monoisotopic (exact) mass is 387 g/mol. The first-order valence-electron chi connectivity index (χ1n) is 9.43. The van der Waals surface area contributed by atoms with E-state index in [1.807, 2.05) is 36.4 Å². The summed E-state index contributed by atoms with van der Waals surface area (Å²) >= 11 is 0. The zero-order valence-corrected chi connectivity index (χ0v) is 16.4. The largest absolute Gasteiger partial charge is 0.496 e. The van der Waals surface area contributed by atoms with Gasteiger partial charge in [0.05, 0.1) is 19.5 Å². The lowest BCUT2D eigenvalue weighted by molar-refractivity contribution is 0.357. The van der Waals surface area contributed by atoms with Gasteiger partial charge in [-0.2, -0.15) is 4.31 Å². The topological polar surface area (TPSA) is 55.8 Å². The van der Waals surface area contributed by atoms with E-state index < -0.39 is 10.0 Å². The van der Waals surface area contributed by atoms with Crippen LogP contribution in [0.15, 0.2) is 42.5 Å². The van der Waals surface area contributed by atoms with Gasteiger partial charge in [-0.25, -0.2) is 8.42 Å². The number of aryl methyl sites for hydroxylation is 1. The number of para-hydroxylation sites is 1. The van der Waals surface area contributed by atoms with Crippen molar-refractivity contribution >= 4 is 10.0 Å². The Hall–Kier alpha value is -2.05. The molecular weight excluding hydrogens is 362 g/mol. The van der Waals surface area contributed by atoms with Gasteiger partial charge < -0.3 is 9.47 Å². The average molecular weight is 388 g/mol. The van der Waals surface area contributed by atoms with Crippen LogP contribution < -0.4 is 9.47 Å². The summed E-state index contributed by atoms with van der Waals surface area (Å²) in [5, 5.41) is 0. The SMILES string of the molecule is COc1ccccc1CN(C1CC1)S(=O)(=O)CCc1ccc2c(c1)CCO2. The molecule has 1 heterocycles. The van der Waals surface area contributed by atoms with Gasteiger partial charge in [-0.05, 0) is 42.5 Å². The van der Waals surface area contributed by atoms with Gasteiger partial charge in [0.15, 0.2) is 0 Å². The molecule has 0 radical (unpaired) electrons. The van der Waals surface area contributed by atoms with Crippen LogP contribution in [0, 0.1) is 0 Å². The van der Waals surface area contributed by atoms with Crippen LogP contribution >= 0.6 is 0 Å². The second-order valence-corrected chi connectivity index (χ2v) is 9.24. The van der Waals surface area contributed by atoms with Crippen LogP contribution in [0.5, 0.6) is 11.5 Å². The van der Waals surface area contributed by atoms with E-state index in [-0.39, 0.29) is 11.8 Å². The summed E-state index contributed by atoms with van der Waals surface area (Å²) in [6.07, 6.45) is 3.29. The molecule has 2 aromatic carbocycles. The third-order valence-corrected chi connectivity index (χ3v) is 7.09. The number of ether oxygens (including phenoxy) is 2. The maximum Gasteiger partial charge on any atom is 0.214 e. The Bertz CT molecular complexity index is 922. The van der Waals surface area contributed by atoms with Gasteiger partial charge in [0.1, 0.15) is 11.5 Å². The maximum atomic E-state index is 13.1. The smallest absolute Gasteiger partial charge is 0.214 e. The van der Waals surface area contributed by atoms with Crippen LogP contribution in [0.1, 0.15) is 29.5 Å². The summed E-state index contributed by atoms with van der Waals surface area (Å²) < 4.78 is 38.8. The molecule has 0 amide bonds. The summed E-state index contributed by atoms with van der Waals surface area (Å²) in [6, 6.07) is 13.8. The minimum atomic E-state index is -3.35. The second-order valence-electron chi connectivity index (χ2n) is 7.19. The summed E-state index contributed by atoms with van der Waals surface area (Å²) in [4.78, 5) is 0. The molecule has 1 fully saturated rings. The Labute approximate surface area is 161 Å². The van der Waals surface area contributed by atoms with Crippen LogP contribution in [-0.2, 0) is 29.4 Å². The van der Waals surface area contributed by atoms with Crippen molar-refractivity contribution in [1.82, 2.24) is 4.31 Å². The van der Waals surface area contributed by atoms with Gasteiger partial charge in [-0.3, -0.25) is 0 Å². The van der Waals surface area contributed by atoms with E-state index in [2.05, 4.69) is 6.07 Å². The molecule has 0 saturated heterocycles. The quantitative estimate of drug-likeness (QED) is 0.698. The lowest BCUT2D eigenvalue weighted by Gasteiger charge is -2.23. The zero-order valence-electron chi connectivity index (χ0n) is 15.6. The van der Waals surface area contributed by atoms with Crippen LogP contribution in [0.25, 0.3) is 0 Å². The van der Waals surface area contributed by atoms with Gasteiger partial charge in [0, 0.05) is 24.6 Å². The fourth-order valence-corrected chi connectivity index (χ4v) is 5.31. The highest BCUT2D eigenvalue weighted by molar-refractivity contribution is 7.89. The van der Waals surface area contributed by atoms with Gasteiger partial charge in [0.2, 0.25) is 10.0 Å². The van der Waals surface area contributed by atoms with Gasteiger partial charge in [0.25, 0.3) is 0 Å².